The number of carbonyl (C=O) groups excluding carboxylic acids is 1. The van der Waals surface area contributed by atoms with Gasteiger partial charge in [-0.2, -0.15) is 13.2 Å². The van der Waals surface area contributed by atoms with Gasteiger partial charge in [-0.25, -0.2) is 4.79 Å². The van der Waals surface area contributed by atoms with Gasteiger partial charge in [0.2, 0.25) is 11.3 Å². The van der Waals surface area contributed by atoms with Gasteiger partial charge in [-0.3, -0.25) is 9.84 Å². The van der Waals surface area contributed by atoms with Crippen molar-refractivity contribution in [3.05, 3.63) is 71.9 Å². The fourth-order valence-corrected chi connectivity index (χ4v) is 2.70. The molecule has 0 aliphatic heterocycles. The average molecular weight is 406 g/mol. The van der Waals surface area contributed by atoms with Crippen molar-refractivity contribution in [3.8, 4) is 0 Å². The van der Waals surface area contributed by atoms with Crippen LogP contribution in [-0.4, -0.2) is 17.8 Å². The molecule has 3 rings (SSSR count). The Hall–Kier alpha value is -3.40. The second kappa shape index (κ2) is 8.74. The smallest absolute Gasteiger partial charge is 0.325 e. The molecule has 2 amide bonds. The summed E-state index contributed by atoms with van der Waals surface area (Å²) in [5, 5.41) is 8.57. The summed E-state index contributed by atoms with van der Waals surface area (Å²) < 4.78 is 44.8. The molecule has 1 atom stereocenters. The summed E-state index contributed by atoms with van der Waals surface area (Å²) >= 11 is 0. The van der Waals surface area contributed by atoms with Gasteiger partial charge in [0, 0.05) is 12.1 Å². The molecule has 0 unspecified atom stereocenters. The zero-order chi connectivity index (χ0) is 20.9. The minimum Gasteiger partial charge on any atom is -0.325 e. The number of carbonyl (C=O) groups is 1. The first-order valence-corrected chi connectivity index (χ1v) is 8.72. The van der Waals surface area contributed by atoms with Gasteiger partial charge in [-0.1, -0.05) is 36.4 Å². The normalized spacial score (nSPS) is 12.4. The Bertz CT molecular complexity index is 960. The third kappa shape index (κ3) is 5.55. The number of hydrogen-bond acceptors (Lipinski definition) is 4. The predicted octanol–water partition coefficient (Wildman–Crippen LogP) is 3.37. The summed E-state index contributed by atoms with van der Waals surface area (Å²) in [6.45, 7) is 0.294. The number of aromatic nitrogens is 2. The number of nitrogens with two attached hydrogens (primary N) is 1. The Morgan fingerprint density at radius 1 is 1.14 bits per heavy atom. The Morgan fingerprint density at radius 3 is 2.59 bits per heavy atom. The number of anilines is 2. The van der Waals surface area contributed by atoms with E-state index < -0.39 is 17.8 Å². The predicted molar refractivity (Wildman–Crippen MR) is 99.0 cm³/mol. The van der Waals surface area contributed by atoms with Gasteiger partial charge in [0.25, 0.3) is 6.20 Å². The molecule has 10 heteroatoms. The lowest BCUT2D eigenvalue weighted by Crippen LogP contribution is -2.45. The summed E-state index contributed by atoms with van der Waals surface area (Å²) in [7, 11) is 0. The van der Waals surface area contributed by atoms with E-state index in [4.69, 9.17) is 10.3 Å². The molecular weight excluding hydrogens is 387 g/mol. The van der Waals surface area contributed by atoms with Crippen LogP contribution in [0.5, 0.6) is 0 Å². The molecule has 3 aromatic rings. The molecule has 0 fully saturated rings. The SMILES string of the molecule is NC[C@@H](Cc1ccccc1)[n+]1cc(NC(=O)Nc2cccc(C(F)(F)F)c2)on1. The van der Waals surface area contributed by atoms with Crippen molar-refractivity contribution < 1.29 is 27.2 Å². The number of urea groups is 1. The molecule has 0 aliphatic rings. The van der Waals surface area contributed by atoms with Crippen LogP contribution in [0.1, 0.15) is 17.2 Å². The number of nitrogens with zero attached hydrogens (tertiary/aromatic N) is 2. The number of hydrogen-bond donors (Lipinski definition) is 3. The molecule has 0 saturated heterocycles. The molecule has 152 valence electrons. The van der Waals surface area contributed by atoms with Gasteiger partial charge in [-0.15, -0.1) is 0 Å². The van der Waals surface area contributed by atoms with E-state index in [0.29, 0.717) is 13.0 Å². The summed E-state index contributed by atoms with van der Waals surface area (Å²) in [5.74, 6) is 0.0287. The fourth-order valence-electron chi connectivity index (χ4n) is 2.70. The molecule has 1 aromatic heterocycles. The zero-order valence-electron chi connectivity index (χ0n) is 15.2. The van der Waals surface area contributed by atoms with Crippen LogP contribution in [-0.2, 0) is 12.6 Å². The van der Waals surface area contributed by atoms with Gasteiger partial charge in [-0.05, 0) is 28.4 Å². The van der Waals surface area contributed by atoms with Crippen molar-refractivity contribution in [2.75, 3.05) is 17.2 Å². The van der Waals surface area contributed by atoms with Crippen molar-refractivity contribution in [1.29, 1.82) is 0 Å². The topological polar surface area (TPSA) is 97.1 Å². The lowest BCUT2D eigenvalue weighted by molar-refractivity contribution is -0.782. The minimum atomic E-state index is -4.50. The number of nitrogens with one attached hydrogen (secondary N) is 2. The average Bonchev–Trinajstić information content (AvgIpc) is 3.14. The third-order valence-corrected chi connectivity index (χ3v) is 4.13. The first-order valence-electron chi connectivity index (χ1n) is 8.72. The maximum atomic E-state index is 12.8. The second-order valence-electron chi connectivity index (χ2n) is 6.28. The highest BCUT2D eigenvalue weighted by molar-refractivity contribution is 5.98. The standard InChI is InChI=1S/C19H18F3N5O2/c20-19(21,22)14-7-4-8-15(10-14)24-18(28)25-17-12-27(26-29-17)16(11-23)9-13-5-2-1-3-6-13/h1-8,10,12,16H,9,11,23H2,(H-,24,25,26,28)/p+1/t16-/m1/s1. The summed E-state index contributed by atoms with van der Waals surface area (Å²) in [6, 6.07) is 13.0. The number of rotatable bonds is 6. The highest BCUT2D eigenvalue weighted by Gasteiger charge is 2.30. The van der Waals surface area contributed by atoms with Crippen LogP contribution < -0.4 is 21.0 Å². The van der Waals surface area contributed by atoms with Gasteiger partial charge in [0.05, 0.1) is 12.1 Å². The number of amides is 2. The Morgan fingerprint density at radius 2 is 1.90 bits per heavy atom. The maximum Gasteiger partial charge on any atom is 0.416 e. The van der Waals surface area contributed by atoms with Gasteiger partial charge in [0.15, 0.2) is 0 Å². The molecular formula is C19H19F3N5O2+. The molecule has 0 aliphatic carbocycles. The van der Waals surface area contributed by atoms with Crippen LogP contribution in [0.15, 0.2) is 65.3 Å². The van der Waals surface area contributed by atoms with Crippen LogP contribution in [0.25, 0.3) is 0 Å². The molecule has 29 heavy (non-hydrogen) atoms. The van der Waals surface area contributed by atoms with E-state index in [2.05, 4.69) is 15.9 Å². The van der Waals surface area contributed by atoms with Crippen molar-refractivity contribution in [1.82, 2.24) is 5.27 Å². The van der Waals surface area contributed by atoms with Crippen molar-refractivity contribution in [2.45, 2.75) is 18.6 Å². The molecule has 0 radical (unpaired) electrons. The van der Waals surface area contributed by atoms with E-state index in [1.165, 1.54) is 23.0 Å². The quantitative estimate of drug-likeness (QED) is 0.547. The molecule has 0 spiro atoms. The van der Waals surface area contributed by atoms with Crippen molar-refractivity contribution >= 4 is 17.6 Å². The Kier molecular flexibility index (Phi) is 6.13. The van der Waals surface area contributed by atoms with E-state index in [9.17, 15) is 18.0 Å². The maximum absolute atomic E-state index is 12.8. The largest absolute Gasteiger partial charge is 0.416 e. The molecule has 2 aromatic carbocycles. The van der Waals surface area contributed by atoms with Crippen LogP contribution in [0.4, 0.5) is 29.5 Å². The summed E-state index contributed by atoms with van der Waals surface area (Å²) in [4.78, 5) is 12.1. The highest BCUT2D eigenvalue weighted by atomic mass is 19.4. The Labute approximate surface area is 164 Å². The molecule has 0 bridgehead atoms. The van der Waals surface area contributed by atoms with Crippen LogP contribution >= 0.6 is 0 Å². The van der Waals surface area contributed by atoms with Crippen molar-refractivity contribution in [2.24, 2.45) is 5.73 Å². The third-order valence-electron chi connectivity index (χ3n) is 4.13. The van der Waals surface area contributed by atoms with Gasteiger partial charge < -0.3 is 11.1 Å². The number of benzene rings is 2. The molecule has 1 heterocycles. The molecule has 0 saturated carbocycles. The van der Waals surface area contributed by atoms with Crippen LogP contribution in [0.2, 0.25) is 0 Å². The van der Waals surface area contributed by atoms with E-state index >= 15 is 0 Å². The van der Waals surface area contributed by atoms with Crippen molar-refractivity contribution in [3.63, 3.8) is 0 Å². The molecule has 7 nitrogen and oxygen atoms in total. The van der Waals surface area contributed by atoms with Crippen LogP contribution in [0, 0.1) is 0 Å². The second-order valence-corrected chi connectivity index (χ2v) is 6.28. The lowest BCUT2D eigenvalue weighted by Gasteiger charge is -2.09. The van der Waals surface area contributed by atoms with Gasteiger partial charge >= 0.3 is 18.1 Å². The lowest BCUT2D eigenvalue weighted by atomic mass is 10.1. The monoisotopic (exact) mass is 406 g/mol. The minimum absolute atomic E-state index is 0.00590. The van der Waals surface area contributed by atoms with Crippen LogP contribution in [0.3, 0.4) is 0 Å². The highest BCUT2D eigenvalue weighted by Crippen LogP contribution is 2.30. The Balaban J connectivity index is 1.63. The zero-order valence-corrected chi connectivity index (χ0v) is 15.2. The fraction of sp³-hybridized carbons (Fsp3) is 0.211. The summed E-state index contributed by atoms with van der Waals surface area (Å²) in [5.41, 5.74) is 6.02. The molecule has 4 N–H and O–H groups in total. The first kappa shape index (κ1) is 20.3. The van der Waals surface area contributed by atoms with E-state index in [-0.39, 0.29) is 17.6 Å². The first-order chi connectivity index (χ1) is 13.8. The number of halogens is 3. The van der Waals surface area contributed by atoms with E-state index in [1.54, 1.807) is 0 Å². The van der Waals surface area contributed by atoms with E-state index in [0.717, 1.165) is 17.7 Å². The van der Waals surface area contributed by atoms with Gasteiger partial charge in [0.1, 0.15) is 0 Å². The van der Waals surface area contributed by atoms with E-state index in [1.807, 2.05) is 30.3 Å². The number of alkyl halides is 3. The summed E-state index contributed by atoms with van der Waals surface area (Å²) in [6.07, 6.45) is -2.42.